The smallest absolute Gasteiger partial charge is 0.0806 e. The molecule has 0 bridgehead atoms. The number of hydrogen-bond acceptors (Lipinski definition) is 2. The molecule has 0 unspecified atom stereocenters. The first-order valence-corrected chi connectivity index (χ1v) is 7.51. The minimum atomic E-state index is 0.110. The first-order valence-electron chi connectivity index (χ1n) is 7.51. The van der Waals surface area contributed by atoms with E-state index in [0.717, 1.165) is 19.6 Å². The summed E-state index contributed by atoms with van der Waals surface area (Å²) in [4.78, 5) is 0. The lowest BCUT2D eigenvalue weighted by molar-refractivity contribution is -0.0509. The highest BCUT2D eigenvalue weighted by molar-refractivity contribution is 4.90. The van der Waals surface area contributed by atoms with Gasteiger partial charge < -0.3 is 10.1 Å². The zero-order chi connectivity index (χ0) is 13.9. The Morgan fingerprint density at radius 2 is 1.56 bits per heavy atom. The largest absolute Gasteiger partial charge is 0.374 e. The van der Waals surface area contributed by atoms with Gasteiger partial charge in [0, 0.05) is 18.7 Å². The maximum atomic E-state index is 6.30. The maximum absolute atomic E-state index is 6.30. The van der Waals surface area contributed by atoms with Crippen LogP contribution < -0.4 is 5.32 Å². The second kappa shape index (κ2) is 5.92. The standard InChI is InChI=1S/C16H33NO/c1-14(2,3)11-12-18-16(9-7-8-10-16)13-17-15(4,5)6/h17H,7-13H2,1-6H3. The molecule has 0 spiro atoms. The van der Waals surface area contributed by atoms with Crippen molar-refractivity contribution in [1.82, 2.24) is 5.32 Å². The fraction of sp³-hybridized carbons (Fsp3) is 1.00. The van der Waals surface area contributed by atoms with Gasteiger partial charge in [-0.3, -0.25) is 0 Å². The van der Waals surface area contributed by atoms with Crippen molar-refractivity contribution >= 4 is 0 Å². The number of ether oxygens (including phenoxy) is 1. The molecular weight excluding hydrogens is 222 g/mol. The fourth-order valence-corrected chi connectivity index (χ4v) is 2.39. The first-order chi connectivity index (χ1) is 8.12. The molecule has 0 saturated heterocycles. The molecule has 1 saturated carbocycles. The molecule has 0 aromatic rings. The van der Waals surface area contributed by atoms with Gasteiger partial charge in [0.2, 0.25) is 0 Å². The summed E-state index contributed by atoms with van der Waals surface area (Å²) in [5.41, 5.74) is 0.665. The maximum Gasteiger partial charge on any atom is 0.0806 e. The van der Waals surface area contributed by atoms with Crippen LogP contribution in [0.15, 0.2) is 0 Å². The molecular formula is C16H33NO. The van der Waals surface area contributed by atoms with Crippen molar-refractivity contribution in [3.05, 3.63) is 0 Å². The van der Waals surface area contributed by atoms with E-state index >= 15 is 0 Å². The summed E-state index contributed by atoms with van der Waals surface area (Å²) in [6.07, 6.45) is 6.23. The highest BCUT2D eigenvalue weighted by atomic mass is 16.5. The second-order valence-corrected chi connectivity index (χ2v) is 8.15. The molecule has 0 aromatic heterocycles. The zero-order valence-corrected chi connectivity index (χ0v) is 13.4. The third-order valence-electron chi connectivity index (χ3n) is 3.72. The Labute approximate surface area is 114 Å². The van der Waals surface area contributed by atoms with E-state index in [0.29, 0.717) is 5.41 Å². The zero-order valence-electron chi connectivity index (χ0n) is 13.4. The molecule has 0 aromatic carbocycles. The van der Waals surface area contributed by atoms with Gasteiger partial charge in [0.25, 0.3) is 0 Å². The van der Waals surface area contributed by atoms with Crippen molar-refractivity contribution in [3.63, 3.8) is 0 Å². The van der Waals surface area contributed by atoms with E-state index in [2.05, 4.69) is 46.9 Å². The third-order valence-corrected chi connectivity index (χ3v) is 3.72. The Hall–Kier alpha value is -0.0800. The van der Waals surface area contributed by atoms with Crippen LogP contribution in [0.4, 0.5) is 0 Å². The Morgan fingerprint density at radius 3 is 2.00 bits per heavy atom. The van der Waals surface area contributed by atoms with Crippen molar-refractivity contribution in [1.29, 1.82) is 0 Å². The van der Waals surface area contributed by atoms with Crippen LogP contribution in [0.1, 0.15) is 73.6 Å². The highest BCUT2D eigenvalue weighted by Gasteiger charge is 2.35. The van der Waals surface area contributed by atoms with E-state index in [-0.39, 0.29) is 11.1 Å². The molecule has 18 heavy (non-hydrogen) atoms. The van der Waals surface area contributed by atoms with Crippen LogP contribution in [0.5, 0.6) is 0 Å². The van der Waals surface area contributed by atoms with Crippen molar-refractivity contribution in [3.8, 4) is 0 Å². The minimum absolute atomic E-state index is 0.110. The predicted octanol–water partition coefficient (Wildman–Crippen LogP) is 4.14. The number of nitrogens with one attached hydrogen (secondary N) is 1. The number of rotatable bonds is 5. The Bertz CT molecular complexity index is 241. The first kappa shape index (κ1) is 16.0. The predicted molar refractivity (Wildman–Crippen MR) is 79.0 cm³/mol. The van der Waals surface area contributed by atoms with Crippen molar-refractivity contribution in [2.45, 2.75) is 84.8 Å². The average Bonchev–Trinajstić information content (AvgIpc) is 2.61. The third kappa shape index (κ3) is 6.19. The van der Waals surface area contributed by atoms with E-state index in [1.807, 2.05) is 0 Å². The van der Waals surface area contributed by atoms with E-state index in [4.69, 9.17) is 4.74 Å². The molecule has 0 heterocycles. The van der Waals surface area contributed by atoms with Crippen molar-refractivity contribution < 1.29 is 4.74 Å². The Kier molecular flexibility index (Phi) is 5.25. The van der Waals surface area contributed by atoms with Gasteiger partial charge in [-0.15, -0.1) is 0 Å². The van der Waals surface area contributed by atoms with Crippen molar-refractivity contribution in [2.75, 3.05) is 13.2 Å². The van der Waals surface area contributed by atoms with Crippen LogP contribution in [-0.2, 0) is 4.74 Å². The molecule has 0 radical (unpaired) electrons. The molecule has 1 fully saturated rings. The topological polar surface area (TPSA) is 21.3 Å². The van der Waals surface area contributed by atoms with E-state index in [1.54, 1.807) is 0 Å². The van der Waals surface area contributed by atoms with Gasteiger partial charge in [0.15, 0.2) is 0 Å². The lowest BCUT2D eigenvalue weighted by atomic mass is 9.92. The molecule has 0 amide bonds. The van der Waals surface area contributed by atoms with Crippen LogP contribution in [0.3, 0.4) is 0 Å². The Balaban J connectivity index is 2.43. The highest BCUT2D eigenvalue weighted by Crippen LogP contribution is 2.34. The molecule has 2 heteroatoms. The summed E-state index contributed by atoms with van der Waals surface area (Å²) in [7, 11) is 0. The van der Waals surface area contributed by atoms with Gasteiger partial charge in [-0.1, -0.05) is 33.6 Å². The molecule has 1 N–H and O–H groups in total. The lowest BCUT2D eigenvalue weighted by Crippen LogP contribution is -2.48. The van der Waals surface area contributed by atoms with E-state index in [1.165, 1.54) is 25.7 Å². The SMILES string of the molecule is CC(C)(C)CCOC1(CNC(C)(C)C)CCCC1. The second-order valence-electron chi connectivity index (χ2n) is 8.15. The summed E-state index contributed by atoms with van der Waals surface area (Å²) in [6, 6.07) is 0. The average molecular weight is 255 g/mol. The monoisotopic (exact) mass is 255 g/mol. The molecule has 108 valence electrons. The van der Waals surface area contributed by atoms with Gasteiger partial charge in [0.1, 0.15) is 0 Å². The van der Waals surface area contributed by atoms with Crippen LogP contribution in [0, 0.1) is 5.41 Å². The van der Waals surface area contributed by atoms with Crippen LogP contribution in [0.2, 0.25) is 0 Å². The molecule has 0 aliphatic heterocycles. The van der Waals surface area contributed by atoms with Crippen LogP contribution in [-0.4, -0.2) is 24.3 Å². The van der Waals surface area contributed by atoms with Crippen LogP contribution in [0.25, 0.3) is 0 Å². The van der Waals surface area contributed by atoms with Gasteiger partial charge in [-0.2, -0.15) is 0 Å². The van der Waals surface area contributed by atoms with Gasteiger partial charge in [-0.05, 0) is 45.4 Å². The lowest BCUT2D eigenvalue weighted by Gasteiger charge is -2.34. The summed E-state index contributed by atoms with van der Waals surface area (Å²) in [5.74, 6) is 0. The van der Waals surface area contributed by atoms with E-state index < -0.39 is 0 Å². The number of hydrogen-bond donors (Lipinski definition) is 1. The summed E-state index contributed by atoms with van der Waals surface area (Å²) in [6.45, 7) is 15.4. The molecule has 1 rings (SSSR count). The Morgan fingerprint density at radius 1 is 1.00 bits per heavy atom. The molecule has 0 atom stereocenters. The summed E-state index contributed by atoms with van der Waals surface area (Å²) < 4.78 is 6.30. The summed E-state index contributed by atoms with van der Waals surface area (Å²) >= 11 is 0. The molecule has 1 aliphatic rings. The minimum Gasteiger partial charge on any atom is -0.374 e. The van der Waals surface area contributed by atoms with Crippen molar-refractivity contribution in [2.24, 2.45) is 5.41 Å². The van der Waals surface area contributed by atoms with Gasteiger partial charge in [0.05, 0.1) is 5.60 Å². The van der Waals surface area contributed by atoms with Gasteiger partial charge >= 0.3 is 0 Å². The fourth-order valence-electron chi connectivity index (χ4n) is 2.39. The summed E-state index contributed by atoms with van der Waals surface area (Å²) in [5, 5.41) is 3.63. The van der Waals surface area contributed by atoms with Gasteiger partial charge in [-0.25, -0.2) is 0 Å². The quantitative estimate of drug-likeness (QED) is 0.797. The van der Waals surface area contributed by atoms with Crippen LogP contribution >= 0.6 is 0 Å². The van der Waals surface area contributed by atoms with E-state index in [9.17, 15) is 0 Å². The molecule has 2 nitrogen and oxygen atoms in total. The molecule has 1 aliphatic carbocycles. The normalized spacial score (nSPS) is 20.3.